The van der Waals surface area contributed by atoms with Crippen molar-refractivity contribution in [1.82, 2.24) is 19.4 Å². The minimum absolute atomic E-state index is 0.116. The third-order valence-electron chi connectivity index (χ3n) is 8.26. The van der Waals surface area contributed by atoms with E-state index in [4.69, 9.17) is 4.98 Å². The van der Waals surface area contributed by atoms with E-state index in [0.717, 1.165) is 86.6 Å². The molecule has 4 aromatic rings. The first kappa shape index (κ1) is 33.3. The Kier molecular flexibility index (Phi) is 12.0. The fourth-order valence-corrected chi connectivity index (χ4v) is 5.65. The highest BCUT2D eigenvalue weighted by molar-refractivity contribution is 5.98. The number of carbonyl (C=O) groups is 1. The van der Waals surface area contributed by atoms with E-state index >= 15 is 0 Å². The summed E-state index contributed by atoms with van der Waals surface area (Å²) in [6.07, 6.45) is 4.03. The number of imidazole rings is 1. The summed E-state index contributed by atoms with van der Waals surface area (Å²) in [4.78, 5) is 23.3. The normalized spacial score (nSPS) is 11.7. The van der Waals surface area contributed by atoms with Crippen LogP contribution in [-0.4, -0.2) is 58.5 Å². The number of benzene rings is 3. The van der Waals surface area contributed by atoms with Crippen molar-refractivity contribution in [3.63, 3.8) is 0 Å². The molecule has 0 bridgehead atoms. The van der Waals surface area contributed by atoms with Crippen LogP contribution in [-0.2, 0) is 13.0 Å². The van der Waals surface area contributed by atoms with Crippen LogP contribution in [0.5, 0.6) is 0 Å². The van der Waals surface area contributed by atoms with Crippen molar-refractivity contribution in [1.29, 1.82) is 0 Å². The van der Waals surface area contributed by atoms with Crippen molar-refractivity contribution >= 4 is 28.6 Å². The molecule has 6 heteroatoms. The van der Waals surface area contributed by atoms with Crippen molar-refractivity contribution in [2.45, 2.75) is 73.8 Å². The molecule has 0 aliphatic heterocycles. The predicted molar refractivity (Wildman–Crippen MR) is 186 cm³/mol. The second kappa shape index (κ2) is 15.9. The van der Waals surface area contributed by atoms with Crippen molar-refractivity contribution in [2.24, 2.45) is 11.8 Å². The van der Waals surface area contributed by atoms with E-state index in [0.29, 0.717) is 11.8 Å². The SMILES string of the molecule is Cc1cc(C)cc(Nc2nc3ccc(C(=O)N(CCC(C)C)CCC(C)C)cc3n2CCCN(C)CCc2ccccc2)c1. The minimum atomic E-state index is 0.116. The molecule has 4 rings (SSSR count). The molecule has 1 heterocycles. The highest BCUT2D eigenvalue weighted by Crippen LogP contribution is 2.26. The second-order valence-corrected chi connectivity index (χ2v) is 13.3. The second-order valence-electron chi connectivity index (χ2n) is 13.3. The summed E-state index contributed by atoms with van der Waals surface area (Å²) in [5, 5.41) is 3.61. The number of aryl methyl sites for hydroxylation is 3. The number of hydrogen-bond donors (Lipinski definition) is 1. The summed E-state index contributed by atoms with van der Waals surface area (Å²) in [6.45, 7) is 17.5. The first-order chi connectivity index (χ1) is 21.1. The smallest absolute Gasteiger partial charge is 0.253 e. The van der Waals surface area contributed by atoms with E-state index in [1.54, 1.807) is 0 Å². The molecule has 0 radical (unpaired) electrons. The van der Waals surface area contributed by atoms with Gasteiger partial charge in [-0.2, -0.15) is 0 Å². The Morgan fingerprint density at radius 1 is 0.841 bits per heavy atom. The monoisotopic (exact) mass is 595 g/mol. The lowest BCUT2D eigenvalue weighted by atomic mass is 10.1. The Morgan fingerprint density at radius 3 is 2.14 bits per heavy atom. The fourth-order valence-electron chi connectivity index (χ4n) is 5.65. The van der Waals surface area contributed by atoms with Crippen LogP contribution in [0.1, 0.15) is 74.0 Å². The molecular formula is C38H53N5O. The van der Waals surface area contributed by atoms with Crippen molar-refractivity contribution in [3.8, 4) is 0 Å². The van der Waals surface area contributed by atoms with Crippen LogP contribution in [0.4, 0.5) is 11.6 Å². The molecule has 0 saturated heterocycles. The molecule has 236 valence electrons. The summed E-state index contributed by atoms with van der Waals surface area (Å²) in [6, 6.07) is 23.2. The van der Waals surface area contributed by atoms with Gasteiger partial charge in [0.05, 0.1) is 11.0 Å². The Hall–Kier alpha value is -3.64. The summed E-state index contributed by atoms with van der Waals surface area (Å²) in [5.74, 6) is 2.04. The van der Waals surface area contributed by atoms with Crippen LogP contribution >= 0.6 is 0 Å². The van der Waals surface area contributed by atoms with E-state index in [1.165, 1.54) is 16.7 Å². The van der Waals surface area contributed by atoms with Crippen LogP contribution < -0.4 is 5.32 Å². The number of carbonyl (C=O) groups excluding carboxylic acids is 1. The Morgan fingerprint density at radius 2 is 1.50 bits per heavy atom. The number of fused-ring (bicyclic) bond motifs is 1. The number of hydrogen-bond acceptors (Lipinski definition) is 4. The maximum Gasteiger partial charge on any atom is 0.253 e. The van der Waals surface area contributed by atoms with E-state index in [1.807, 2.05) is 12.1 Å². The highest BCUT2D eigenvalue weighted by atomic mass is 16.2. The standard InChI is InChI=1S/C38H53N5O/c1-28(2)16-22-42(23-17-29(3)4)37(44)33-14-15-35-36(27-33)43(38(40-35)39-34-25-30(5)24-31(6)26-34)20-11-19-41(7)21-18-32-12-9-8-10-13-32/h8-10,12-15,24-29H,11,16-23H2,1-7H3,(H,39,40). The minimum Gasteiger partial charge on any atom is -0.339 e. The number of amides is 1. The van der Waals surface area contributed by atoms with Gasteiger partial charge in [0.25, 0.3) is 5.91 Å². The number of likely N-dealkylation sites (N-methyl/N-ethyl adjacent to an activating group) is 1. The molecule has 0 aliphatic carbocycles. The van der Waals surface area contributed by atoms with Gasteiger partial charge in [-0.05, 0) is 112 Å². The molecular weight excluding hydrogens is 542 g/mol. The Labute approximate surface area is 265 Å². The topological polar surface area (TPSA) is 53.4 Å². The highest BCUT2D eigenvalue weighted by Gasteiger charge is 2.19. The number of anilines is 2. The van der Waals surface area contributed by atoms with Gasteiger partial charge in [-0.1, -0.05) is 64.1 Å². The molecule has 0 aliphatic rings. The van der Waals surface area contributed by atoms with Crippen LogP contribution in [0.2, 0.25) is 0 Å². The summed E-state index contributed by atoms with van der Waals surface area (Å²) in [7, 11) is 2.20. The molecule has 0 unspecified atom stereocenters. The molecule has 0 saturated carbocycles. The van der Waals surface area contributed by atoms with Crippen LogP contribution in [0.3, 0.4) is 0 Å². The Balaban J connectivity index is 1.58. The van der Waals surface area contributed by atoms with Gasteiger partial charge < -0.3 is 19.7 Å². The average molecular weight is 596 g/mol. The molecule has 3 aromatic carbocycles. The average Bonchev–Trinajstić information content (AvgIpc) is 3.31. The summed E-state index contributed by atoms with van der Waals surface area (Å²) >= 11 is 0. The Bertz CT molecular complexity index is 1460. The first-order valence-corrected chi connectivity index (χ1v) is 16.5. The lowest BCUT2D eigenvalue weighted by Gasteiger charge is -2.25. The lowest BCUT2D eigenvalue weighted by molar-refractivity contribution is 0.0741. The van der Waals surface area contributed by atoms with Crippen molar-refractivity contribution in [2.75, 3.05) is 38.5 Å². The number of aromatic nitrogens is 2. The van der Waals surface area contributed by atoms with Gasteiger partial charge >= 0.3 is 0 Å². The molecule has 1 N–H and O–H groups in total. The third kappa shape index (κ3) is 9.68. The van der Waals surface area contributed by atoms with Gasteiger partial charge in [0, 0.05) is 37.4 Å². The molecule has 1 amide bonds. The van der Waals surface area contributed by atoms with Gasteiger partial charge in [0.2, 0.25) is 5.95 Å². The van der Waals surface area contributed by atoms with Crippen LogP contribution in [0, 0.1) is 25.7 Å². The summed E-state index contributed by atoms with van der Waals surface area (Å²) in [5.41, 5.74) is 7.47. The number of rotatable bonds is 16. The number of nitrogens with one attached hydrogen (secondary N) is 1. The molecule has 0 atom stereocenters. The van der Waals surface area contributed by atoms with Crippen molar-refractivity contribution < 1.29 is 4.79 Å². The largest absolute Gasteiger partial charge is 0.339 e. The molecule has 6 nitrogen and oxygen atoms in total. The van der Waals surface area contributed by atoms with Gasteiger partial charge in [-0.15, -0.1) is 0 Å². The van der Waals surface area contributed by atoms with Gasteiger partial charge in [0.15, 0.2) is 0 Å². The molecule has 1 aromatic heterocycles. The molecule has 0 fully saturated rings. The lowest BCUT2D eigenvalue weighted by Crippen LogP contribution is -2.34. The van der Waals surface area contributed by atoms with E-state index in [2.05, 4.69) is 123 Å². The quantitative estimate of drug-likeness (QED) is 0.141. The van der Waals surface area contributed by atoms with Gasteiger partial charge in [-0.3, -0.25) is 4.79 Å². The van der Waals surface area contributed by atoms with Crippen LogP contribution in [0.15, 0.2) is 66.7 Å². The molecule has 0 spiro atoms. The zero-order valence-electron chi connectivity index (χ0n) is 28.1. The first-order valence-electron chi connectivity index (χ1n) is 16.5. The van der Waals surface area contributed by atoms with Crippen LogP contribution in [0.25, 0.3) is 11.0 Å². The zero-order valence-corrected chi connectivity index (χ0v) is 28.1. The molecule has 44 heavy (non-hydrogen) atoms. The number of nitrogens with zero attached hydrogens (tertiary/aromatic N) is 4. The third-order valence-corrected chi connectivity index (χ3v) is 8.26. The van der Waals surface area contributed by atoms with Gasteiger partial charge in [-0.25, -0.2) is 4.98 Å². The van der Waals surface area contributed by atoms with E-state index in [9.17, 15) is 4.79 Å². The fraction of sp³-hybridized carbons (Fsp3) is 0.474. The maximum atomic E-state index is 13.9. The van der Waals surface area contributed by atoms with Gasteiger partial charge in [0.1, 0.15) is 0 Å². The predicted octanol–water partition coefficient (Wildman–Crippen LogP) is 8.50. The van der Waals surface area contributed by atoms with E-state index in [-0.39, 0.29) is 5.91 Å². The summed E-state index contributed by atoms with van der Waals surface area (Å²) < 4.78 is 2.27. The van der Waals surface area contributed by atoms with Crippen molar-refractivity contribution in [3.05, 3.63) is 89.0 Å². The van der Waals surface area contributed by atoms with E-state index < -0.39 is 0 Å². The zero-order chi connectivity index (χ0) is 31.6. The maximum absolute atomic E-state index is 13.9.